The number of carboxylic acid groups (broad SMARTS) is 1. The van der Waals surface area contributed by atoms with Crippen LogP contribution in [0.3, 0.4) is 0 Å². The first kappa shape index (κ1) is 20.9. The number of likely N-dealkylation sites (tertiary alicyclic amines) is 1. The van der Waals surface area contributed by atoms with Crippen molar-refractivity contribution in [1.29, 1.82) is 0 Å². The molecule has 1 aliphatic rings. The average Bonchev–Trinajstić information content (AvgIpc) is 2.74. The summed E-state index contributed by atoms with van der Waals surface area (Å²) in [5, 5.41) is 9.34. The first-order valence-corrected chi connectivity index (χ1v) is 9.50. The van der Waals surface area contributed by atoms with Crippen LogP contribution in [0.5, 0.6) is 17.2 Å². The Morgan fingerprint density at radius 1 is 1.00 bits per heavy atom. The highest BCUT2D eigenvalue weighted by Gasteiger charge is 2.33. The van der Waals surface area contributed by atoms with E-state index in [1.807, 2.05) is 12.1 Å². The van der Waals surface area contributed by atoms with Gasteiger partial charge in [0.05, 0.1) is 33.3 Å². The summed E-state index contributed by atoms with van der Waals surface area (Å²) in [4.78, 5) is 13.5. The van der Waals surface area contributed by atoms with Crippen molar-refractivity contribution in [3.8, 4) is 17.2 Å². The molecule has 1 N–H and O–H groups in total. The normalized spacial score (nSPS) is 16.3. The van der Waals surface area contributed by atoms with Gasteiger partial charge in [0.2, 0.25) is 0 Å². The Morgan fingerprint density at radius 2 is 1.59 bits per heavy atom. The number of rotatable bonds is 7. The number of aliphatic carboxylic acids is 1. The van der Waals surface area contributed by atoms with E-state index in [4.69, 9.17) is 14.2 Å². The van der Waals surface area contributed by atoms with Gasteiger partial charge >= 0.3 is 5.97 Å². The van der Waals surface area contributed by atoms with E-state index >= 15 is 0 Å². The first-order chi connectivity index (χ1) is 14.0. The number of methoxy groups -OCH3 is 3. The Balaban J connectivity index is 2.11. The summed E-state index contributed by atoms with van der Waals surface area (Å²) < 4.78 is 30.7. The van der Waals surface area contributed by atoms with Gasteiger partial charge in [-0.05, 0) is 62.3 Å². The molecule has 1 aliphatic heterocycles. The molecule has 0 spiro atoms. The van der Waals surface area contributed by atoms with Crippen LogP contribution in [0.4, 0.5) is 4.39 Å². The van der Waals surface area contributed by atoms with E-state index in [1.165, 1.54) is 12.1 Å². The first-order valence-electron chi connectivity index (χ1n) is 9.50. The molecule has 1 fully saturated rings. The molecule has 0 aliphatic carbocycles. The van der Waals surface area contributed by atoms with Gasteiger partial charge in [0.25, 0.3) is 0 Å². The lowest BCUT2D eigenvalue weighted by atomic mass is 9.90. The maximum absolute atomic E-state index is 14.2. The molecular formula is C22H26FNO5. The summed E-state index contributed by atoms with van der Waals surface area (Å²) >= 11 is 0. The lowest BCUT2D eigenvalue weighted by molar-refractivity contribution is -0.143. The van der Waals surface area contributed by atoms with Crippen molar-refractivity contribution < 1.29 is 28.5 Å². The van der Waals surface area contributed by atoms with Gasteiger partial charge in [-0.1, -0.05) is 0 Å². The molecule has 1 heterocycles. The minimum absolute atomic E-state index is 0.367. The quantitative estimate of drug-likeness (QED) is 0.760. The van der Waals surface area contributed by atoms with E-state index in [0.29, 0.717) is 48.7 Å². The minimum atomic E-state index is -0.775. The zero-order valence-corrected chi connectivity index (χ0v) is 16.9. The molecule has 156 valence electrons. The number of ether oxygens (including phenoxy) is 3. The second-order valence-corrected chi connectivity index (χ2v) is 7.05. The van der Waals surface area contributed by atoms with Gasteiger partial charge in [-0.2, -0.15) is 0 Å². The van der Waals surface area contributed by atoms with Crippen LogP contribution in [0.2, 0.25) is 0 Å². The Labute approximate surface area is 169 Å². The van der Waals surface area contributed by atoms with Gasteiger partial charge in [-0.3, -0.25) is 9.69 Å². The van der Waals surface area contributed by atoms with E-state index in [9.17, 15) is 14.3 Å². The van der Waals surface area contributed by atoms with Crippen LogP contribution < -0.4 is 14.2 Å². The molecule has 0 radical (unpaired) electrons. The number of carbonyl (C=O) groups is 1. The van der Waals surface area contributed by atoms with E-state index in [2.05, 4.69) is 4.90 Å². The molecule has 3 rings (SSSR count). The van der Waals surface area contributed by atoms with Gasteiger partial charge in [0.1, 0.15) is 23.1 Å². The Bertz CT molecular complexity index is 864. The summed E-state index contributed by atoms with van der Waals surface area (Å²) in [6, 6.07) is 9.55. The van der Waals surface area contributed by atoms with Gasteiger partial charge in [-0.25, -0.2) is 4.39 Å². The van der Waals surface area contributed by atoms with Crippen molar-refractivity contribution in [3.63, 3.8) is 0 Å². The zero-order chi connectivity index (χ0) is 21.0. The van der Waals surface area contributed by atoms with Crippen LogP contribution in [-0.2, 0) is 4.79 Å². The van der Waals surface area contributed by atoms with Crippen molar-refractivity contribution in [1.82, 2.24) is 4.90 Å². The Hall–Kier alpha value is -2.80. The molecule has 0 bridgehead atoms. The largest absolute Gasteiger partial charge is 0.497 e. The fourth-order valence-electron chi connectivity index (χ4n) is 3.94. The van der Waals surface area contributed by atoms with E-state index in [1.54, 1.807) is 33.5 Å². The predicted octanol–water partition coefficient (Wildman–Crippen LogP) is 3.74. The molecule has 0 amide bonds. The van der Waals surface area contributed by atoms with Crippen LogP contribution >= 0.6 is 0 Å². The highest BCUT2D eigenvalue weighted by Crippen LogP contribution is 2.42. The van der Waals surface area contributed by atoms with Crippen molar-refractivity contribution in [2.24, 2.45) is 5.92 Å². The molecule has 1 atom stereocenters. The average molecular weight is 403 g/mol. The monoisotopic (exact) mass is 403 g/mol. The second-order valence-electron chi connectivity index (χ2n) is 7.05. The molecule has 1 saturated heterocycles. The van der Waals surface area contributed by atoms with Crippen LogP contribution in [-0.4, -0.2) is 50.4 Å². The number of hydrogen-bond acceptors (Lipinski definition) is 5. The molecule has 1 unspecified atom stereocenters. The number of halogens is 1. The fraction of sp³-hybridized carbons (Fsp3) is 0.409. The minimum Gasteiger partial charge on any atom is -0.497 e. The second kappa shape index (κ2) is 9.13. The summed E-state index contributed by atoms with van der Waals surface area (Å²) in [6.07, 6.45) is 1.05. The van der Waals surface area contributed by atoms with Gasteiger partial charge in [0, 0.05) is 11.1 Å². The number of hydrogen-bond donors (Lipinski definition) is 1. The van der Waals surface area contributed by atoms with Crippen molar-refractivity contribution in [3.05, 3.63) is 53.3 Å². The van der Waals surface area contributed by atoms with Crippen LogP contribution in [0.25, 0.3) is 0 Å². The number of piperidine rings is 1. The fourth-order valence-corrected chi connectivity index (χ4v) is 3.94. The molecule has 7 heteroatoms. The summed E-state index contributed by atoms with van der Waals surface area (Å²) in [5.74, 6) is 0.343. The molecule has 0 saturated carbocycles. The number of nitrogens with zero attached hydrogens (tertiary/aromatic N) is 1. The van der Waals surface area contributed by atoms with Crippen molar-refractivity contribution >= 4 is 5.97 Å². The molecule has 2 aromatic rings. The van der Waals surface area contributed by atoms with Gasteiger partial charge in [-0.15, -0.1) is 0 Å². The Morgan fingerprint density at radius 3 is 2.14 bits per heavy atom. The molecule has 0 aromatic heterocycles. The third kappa shape index (κ3) is 4.45. The predicted molar refractivity (Wildman–Crippen MR) is 106 cm³/mol. The van der Waals surface area contributed by atoms with Crippen LogP contribution in [0.1, 0.15) is 30.0 Å². The lowest BCUT2D eigenvalue weighted by Crippen LogP contribution is -2.39. The van der Waals surface area contributed by atoms with Gasteiger partial charge < -0.3 is 19.3 Å². The number of benzene rings is 2. The maximum Gasteiger partial charge on any atom is 0.306 e. The molecule has 2 aromatic carbocycles. The number of carboxylic acids is 1. The third-order valence-corrected chi connectivity index (χ3v) is 5.46. The molecular weight excluding hydrogens is 377 g/mol. The Kier molecular flexibility index (Phi) is 6.59. The van der Waals surface area contributed by atoms with Crippen LogP contribution in [0, 0.1) is 11.7 Å². The van der Waals surface area contributed by atoms with Crippen molar-refractivity contribution in [2.45, 2.75) is 18.9 Å². The van der Waals surface area contributed by atoms with Crippen molar-refractivity contribution in [2.75, 3.05) is 34.4 Å². The van der Waals surface area contributed by atoms with E-state index in [-0.39, 0.29) is 17.8 Å². The summed E-state index contributed by atoms with van der Waals surface area (Å²) in [5.41, 5.74) is 1.47. The maximum atomic E-state index is 14.2. The zero-order valence-electron chi connectivity index (χ0n) is 16.9. The molecule has 6 nitrogen and oxygen atoms in total. The standard InChI is InChI=1S/C22H26FNO5/c1-27-16-5-7-20(29-3)18(13-16)21(17-12-15(23)4-6-19(17)28-2)24-10-8-14(9-11-24)22(25)26/h4-7,12-14,21H,8-11H2,1-3H3,(H,25,26). The SMILES string of the molecule is COc1ccc(OC)c(C(c2cc(F)ccc2OC)N2CCC(C(=O)O)CC2)c1. The van der Waals surface area contributed by atoms with E-state index < -0.39 is 5.97 Å². The highest BCUT2D eigenvalue weighted by atomic mass is 19.1. The topological polar surface area (TPSA) is 68.2 Å². The lowest BCUT2D eigenvalue weighted by Gasteiger charge is -2.38. The summed E-state index contributed by atoms with van der Waals surface area (Å²) in [6.45, 7) is 1.11. The third-order valence-electron chi connectivity index (χ3n) is 5.46. The van der Waals surface area contributed by atoms with E-state index in [0.717, 1.165) is 5.56 Å². The van der Waals surface area contributed by atoms with Crippen LogP contribution in [0.15, 0.2) is 36.4 Å². The smallest absolute Gasteiger partial charge is 0.306 e. The highest BCUT2D eigenvalue weighted by molar-refractivity contribution is 5.70. The summed E-state index contributed by atoms with van der Waals surface area (Å²) in [7, 11) is 4.72. The van der Waals surface area contributed by atoms with Gasteiger partial charge in [0.15, 0.2) is 0 Å². The molecule has 29 heavy (non-hydrogen) atoms.